The van der Waals surface area contributed by atoms with E-state index in [4.69, 9.17) is 0 Å². The number of amides is 1. The predicted molar refractivity (Wildman–Crippen MR) is 64.8 cm³/mol. The number of nitrogens with zero attached hydrogens (tertiary/aromatic N) is 1. The maximum absolute atomic E-state index is 13.1. The zero-order chi connectivity index (χ0) is 14.2. The first-order valence-electron chi connectivity index (χ1n) is 5.67. The molecule has 0 saturated heterocycles. The average Bonchev–Trinajstić information content (AvgIpc) is 2.66. The third-order valence-corrected chi connectivity index (χ3v) is 2.94. The first-order chi connectivity index (χ1) is 8.90. The number of nitrogens with one attached hydrogen (secondary N) is 1. The zero-order valence-electron chi connectivity index (χ0n) is 10.4. The molecule has 2 aromatic rings. The number of hydrogen-bond donors (Lipinski definition) is 1. The van der Waals surface area contributed by atoms with E-state index in [9.17, 15) is 19.1 Å². The summed E-state index contributed by atoms with van der Waals surface area (Å²) in [6, 6.07) is 4.59. The Kier molecular flexibility index (Phi) is 3.25. The molecule has 1 heterocycles. The molecule has 5 nitrogen and oxygen atoms in total. The normalized spacial score (nSPS) is 12.4. The Morgan fingerprint density at radius 2 is 2.05 bits per heavy atom. The number of aromatic nitrogens is 1. The summed E-state index contributed by atoms with van der Waals surface area (Å²) in [5.74, 6) is -2.30. The SMILES string of the molecule is C[C@H](NC(=O)c1cc2cc(F)ccc2n1C)C(=O)[O-]. The van der Waals surface area contributed by atoms with Gasteiger partial charge in [0.15, 0.2) is 0 Å². The Hall–Kier alpha value is -2.37. The number of rotatable bonds is 3. The number of halogens is 1. The summed E-state index contributed by atoms with van der Waals surface area (Å²) in [5.41, 5.74) is 0.946. The highest BCUT2D eigenvalue weighted by atomic mass is 19.1. The molecule has 1 aromatic carbocycles. The Labute approximate surface area is 108 Å². The second-order valence-corrected chi connectivity index (χ2v) is 4.31. The van der Waals surface area contributed by atoms with Crippen LogP contribution in [0.4, 0.5) is 4.39 Å². The quantitative estimate of drug-likeness (QED) is 0.858. The summed E-state index contributed by atoms with van der Waals surface area (Å²) in [7, 11) is 1.65. The minimum absolute atomic E-state index is 0.258. The first-order valence-corrected chi connectivity index (χ1v) is 5.67. The topological polar surface area (TPSA) is 74.2 Å². The lowest BCUT2D eigenvalue weighted by molar-refractivity contribution is -0.307. The van der Waals surface area contributed by atoms with E-state index < -0.39 is 23.7 Å². The van der Waals surface area contributed by atoms with E-state index in [1.54, 1.807) is 17.7 Å². The summed E-state index contributed by atoms with van der Waals surface area (Å²) < 4.78 is 14.7. The molecule has 0 spiro atoms. The molecule has 1 N–H and O–H groups in total. The lowest BCUT2D eigenvalue weighted by atomic mass is 10.2. The van der Waals surface area contributed by atoms with E-state index in [1.165, 1.54) is 25.1 Å². The molecule has 0 aliphatic carbocycles. The van der Waals surface area contributed by atoms with Gasteiger partial charge in [-0.15, -0.1) is 0 Å². The maximum atomic E-state index is 13.1. The molecule has 0 saturated carbocycles. The fourth-order valence-corrected chi connectivity index (χ4v) is 1.87. The minimum Gasteiger partial charge on any atom is -0.548 e. The molecule has 0 aliphatic rings. The summed E-state index contributed by atoms with van der Waals surface area (Å²) in [4.78, 5) is 22.5. The number of fused-ring (bicyclic) bond motifs is 1. The molecular weight excluding hydrogens is 251 g/mol. The van der Waals surface area contributed by atoms with Gasteiger partial charge in [0.1, 0.15) is 11.5 Å². The van der Waals surface area contributed by atoms with Crippen LogP contribution in [-0.2, 0) is 11.8 Å². The van der Waals surface area contributed by atoms with Crippen LogP contribution in [-0.4, -0.2) is 22.5 Å². The number of benzene rings is 1. The van der Waals surface area contributed by atoms with Crippen molar-refractivity contribution in [2.24, 2.45) is 7.05 Å². The highest BCUT2D eigenvalue weighted by Crippen LogP contribution is 2.19. The van der Waals surface area contributed by atoms with Crippen LogP contribution in [0, 0.1) is 5.82 Å². The van der Waals surface area contributed by atoms with Crippen LogP contribution >= 0.6 is 0 Å². The molecule has 1 amide bonds. The molecule has 2 rings (SSSR count). The standard InChI is InChI=1S/C13H13FN2O3/c1-7(13(18)19)15-12(17)11-6-8-5-9(14)3-4-10(8)16(11)2/h3-7H,1-2H3,(H,15,17)(H,18,19)/p-1/t7-/m0/s1. The lowest BCUT2D eigenvalue weighted by Crippen LogP contribution is -2.46. The van der Waals surface area contributed by atoms with Gasteiger partial charge in [0.05, 0.1) is 12.0 Å². The zero-order valence-corrected chi connectivity index (χ0v) is 10.4. The Bertz CT molecular complexity index is 663. The molecule has 100 valence electrons. The fraction of sp³-hybridized carbons (Fsp3) is 0.231. The fourth-order valence-electron chi connectivity index (χ4n) is 1.87. The Morgan fingerprint density at radius 3 is 2.68 bits per heavy atom. The Balaban J connectivity index is 2.37. The Morgan fingerprint density at radius 1 is 1.37 bits per heavy atom. The van der Waals surface area contributed by atoms with Gasteiger partial charge in [-0.2, -0.15) is 0 Å². The van der Waals surface area contributed by atoms with Crippen molar-refractivity contribution in [2.75, 3.05) is 0 Å². The molecule has 0 unspecified atom stereocenters. The predicted octanol–water partition coefficient (Wildman–Crippen LogP) is 0.186. The molecule has 0 bridgehead atoms. The van der Waals surface area contributed by atoms with Gasteiger partial charge < -0.3 is 19.8 Å². The van der Waals surface area contributed by atoms with E-state index in [2.05, 4.69) is 5.32 Å². The smallest absolute Gasteiger partial charge is 0.268 e. The van der Waals surface area contributed by atoms with Crippen molar-refractivity contribution in [1.82, 2.24) is 9.88 Å². The van der Waals surface area contributed by atoms with Crippen LogP contribution in [0.25, 0.3) is 10.9 Å². The summed E-state index contributed by atoms with van der Waals surface area (Å²) in [6.45, 7) is 1.32. The van der Waals surface area contributed by atoms with Gasteiger partial charge in [-0.3, -0.25) is 4.79 Å². The van der Waals surface area contributed by atoms with Crippen LogP contribution in [0.3, 0.4) is 0 Å². The van der Waals surface area contributed by atoms with Crippen molar-refractivity contribution < 1.29 is 19.1 Å². The molecular formula is C13H12FN2O3-. The van der Waals surface area contributed by atoms with Crippen molar-refractivity contribution in [1.29, 1.82) is 0 Å². The monoisotopic (exact) mass is 263 g/mol. The van der Waals surface area contributed by atoms with Gasteiger partial charge in [-0.1, -0.05) is 0 Å². The second kappa shape index (κ2) is 4.72. The lowest BCUT2D eigenvalue weighted by Gasteiger charge is -2.14. The van der Waals surface area contributed by atoms with Crippen LogP contribution in [0.15, 0.2) is 24.3 Å². The van der Waals surface area contributed by atoms with Gasteiger partial charge in [0.2, 0.25) is 0 Å². The molecule has 0 radical (unpaired) electrons. The van der Waals surface area contributed by atoms with Gasteiger partial charge in [0.25, 0.3) is 5.91 Å². The number of carboxylic acids is 1. The first kappa shape index (κ1) is 13.1. The van der Waals surface area contributed by atoms with Crippen molar-refractivity contribution >= 4 is 22.8 Å². The number of aryl methyl sites for hydroxylation is 1. The van der Waals surface area contributed by atoms with E-state index >= 15 is 0 Å². The van der Waals surface area contributed by atoms with E-state index in [1.807, 2.05) is 0 Å². The van der Waals surface area contributed by atoms with Crippen molar-refractivity contribution in [3.63, 3.8) is 0 Å². The number of carbonyl (C=O) groups is 2. The van der Waals surface area contributed by atoms with Crippen LogP contribution in [0.5, 0.6) is 0 Å². The van der Waals surface area contributed by atoms with Gasteiger partial charge >= 0.3 is 0 Å². The molecule has 6 heteroatoms. The van der Waals surface area contributed by atoms with Gasteiger partial charge in [-0.05, 0) is 31.2 Å². The highest BCUT2D eigenvalue weighted by Gasteiger charge is 2.15. The maximum Gasteiger partial charge on any atom is 0.268 e. The van der Waals surface area contributed by atoms with E-state index in [0.29, 0.717) is 10.9 Å². The third kappa shape index (κ3) is 2.42. The minimum atomic E-state index is -1.36. The van der Waals surface area contributed by atoms with Crippen LogP contribution in [0.2, 0.25) is 0 Å². The van der Waals surface area contributed by atoms with E-state index in [-0.39, 0.29) is 5.69 Å². The number of carboxylic acid groups (broad SMARTS) is 1. The molecule has 19 heavy (non-hydrogen) atoms. The molecule has 1 aromatic heterocycles. The molecule has 0 aliphatic heterocycles. The van der Waals surface area contributed by atoms with Crippen LogP contribution in [0.1, 0.15) is 17.4 Å². The highest BCUT2D eigenvalue weighted by molar-refractivity contribution is 6.00. The van der Waals surface area contributed by atoms with Crippen molar-refractivity contribution in [3.8, 4) is 0 Å². The molecule has 0 fully saturated rings. The van der Waals surface area contributed by atoms with E-state index in [0.717, 1.165) is 0 Å². The summed E-state index contributed by atoms with van der Waals surface area (Å²) in [5, 5.41) is 13.5. The summed E-state index contributed by atoms with van der Waals surface area (Å²) >= 11 is 0. The number of carbonyl (C=O) groups excluding carboxylic acids is 2. The van der Waals surface area contributed by atoms with Gasteiger partial charge in [-0.25, -0.2) is 4.39 Å². The van der Waals surface area contributed by atoms with Crippen LogP contribution < -0.4 is 10.4 Å². The second-order valence-electron chi connectivity index (χ2n) is 4.31. The average molecular weight is 263 g/mol. The molecule has 1 atom stereocenters. The number of aliphatic carboxylic acids is 1. The van der Waals surface area contributed by atoms with Gasteiger partial charge in [0, 0.05) is 18.0 Å². The largest absolute Gasteiger partial charge is 0.548 e. The third-order valence-electron chi connectivity index (χ3n) is 2.94. The van der Waals surface area contributed by atoms with Crippen molar-refractivity contribution in [3.05, 3.63) is 35.8 Å². The van der Waals surface area contributed by atoms with Crippen molar-refractivity contribution in [2.45, 2.75) is 13.0 Å². The summed E-state index contributed by atoms with van der Waals surface area (Å²) in [6.07, 6.45) is 0. The number of hydrogen-bond acceptors (Lipinski definition) is 3.